The van der Waals surface area contributed by atoms with Crippen molar-refractivity contribution in [3.05, 3.63) is 23.8 Å². The fourth-order valence-electron chi connectivity index (χ4n) is 3.11. The maximum absolute atomic E-state index is 12.7. The Morgan fingerprint density at radius 3 is 2.48 bits per heavy atom. The molecule has 1 aromatic rings. The monoisotopic (exact) mass is 410 g/mol. The molecule has 3 N–H and O–H groups in total. The number of carbonyl (C=O) groups excluding carboxylic acids is 1. The van der Waals surface area contributed by atoms with Crippen molar-refractivity contribution >= 4 is 24.0 Å². The summed E-state index contributed by atoms with van der Waals surface area (Å²) in [6, 6.07) is 4.44. The number of nitrogens with two attached hydrogens (primary N) is 1. The van der Waals surface area contributed by atoms with Gasteiger partial charge in [-0.1, -0.05) is 13.8 Å². The molecule has 0 bridgehead atoms. The third-order valence-corrected chi connectivity index (χ3v) is 5.06. The van der Waals surface area contributed by atoms with Crippen molar-refractivity contribution in [3.8, 4) is 5.75 Å². The van der Waals surface area contributed by atoms with Gasteiger partial charge in [0.15, 0.2) is 6.61 Å². The fourth-order valence-corrected chi connectivity index (χ4v) is 3.11. The molecular weight excluding hydrogens is 385 g/mol. The fraction of sp³-hybridized carbons (Fsp3) is 0.611. The van der Waals surface area contributed by atoms with Crippen molar-refractivity contribution < 1.29 is 27.4 Å². The van der Waals surface area contributed by atoms with E-state index >= 15 is 0 Å². The number of aryl methyl sites for hydroxylation is 1. The van der Waals surface area contributed by atoms with Crippen LogP contribution in [0.5, 0.6) is 5.75 Å². The minimum absolute atomic E-state index is 0. The summed E-state index contributed by atoms with van der Waals surface area (Å²) in [6.45, 7) is 6.45. The summed E-state index contributed by atoms with van der Waals surface area (Å²) in [6.07, 6.45) is -4.09. The lowest BCUT2D eigenvalue weighted by molar-refractivity contribution is -0.166. The lowest BCUT2D eigenvalue weighted by atomic mass is 9.54. The second kappa shape index (κ2) is 8.24. The molecular formula is C18H26ClF3N2O3. The van der Waals surface area contributed by atoms with Gasteiger partial charge in [-0.15, -0.1) is 12.4 Å². The smallest absolute Gasteiger partial charge is 0.422 e. The van der Waals surface area contributed by atoms with Gasteiger partial charge < -0.3 is 20.5 Å². The zero-order valence-corrected chi connectivity index (χ0v) is 16.6. The highest BCUT2D eigenvalue weighted by Crippen LogP contribution is 2.50. The Morgan fingerprint density at radius 1 is 1.37 bits per heavy atom. The van der Waals surface area contributed by atoms with Crippen molar-refractivity contribution in [3.63, 3.8) is 0 Å². The average molecular weight is 411 g/mol. The van der Waals surface area contributed by atoms with Gasteiger partial charge in [-0.2, -0.15) is 13.2 Å². The van der Waals surface area contributed by atoms with Crippen molar-refractivity contribution in [2.75, 3.05) is 18.5 Å². The van der Waals surface area contributed by atoms with Crippen LogP contribution < -0.4 is 15.8 Å². The zero-order valence-electron chi connectivity index (χ0n) is 15.8. The Balaban J connectivity index is 0.00000364. The van der Waals surface area contributed by atoms with Gasteiger partial charge in [0, 0.05) is 24.1 Å². The van der Waals surface area contributed by atoms with Crippen LogP contribution in [0, 0.1) is 12.3 Å². The van der Waals surface area contributed by atoms with Crippen LogP contribution in [0.25, 0.3) is 0 Å². The van der Waals surface area contributed by atoms with Crippen LogP contribution in [0.2, 0.25) is 0 Å². The van der Waals surface area contributed by atoms with E-state index in [0.717, 1.165) is 0 Å². The average Bonchev–Trinajstić information content (AvgIpc) is 2.52. The number of amides is 1. The zero-order chi connectivity index (χ0) is 19.8. The Hall–Kier alpha value is -1.51. The minimum atomic E-state index is -4.40. The first-order chi connectivity index (χ1) is 11.9. The van der Waals surface area contributed by atoms with Crippen LogP contribution in [0.1, 0.15) is 32.8 Å². The molecule has 2 rings (SSSR count). The van der Waals surface area contributed by atoms with E-state index < -0.39 is 23.7 Å². The van der Waals surface area contributed by atoms with Crippen molar-refractivity contribution in [1.29, 1.82) is 0 Å². The van der Waals surface area contributed by atoms with Gasteiger partial charge in [0.05, 0.1) is 6.10 Å². The molecule has 154 valence electrons. The van der Waals surface area contributed by atoms with Crippen LogP contribution in [0.3, 0.4) is 0 Å². The maximum atomic E-state index is 12.7. The van der Waals surface area contributed by atoms with Crippen LogP contribution in [-0.2, 0) is 9.53 Å². The first-order valence-corrected chi connectivity index (χ1v) is 8.43. The van der Waals surface area contributed by atoms with E-state index in [9.17, 15) is 18.0 Å². The number of hydrogen-bond acceptors (Lipinski definition) is 4. The van der Waals surface area contributed by atoms with E-state index in [0.29, 0.717) is 24.3 Å². The van der Waals surface area contributed by atoms with Gasteiger partial charge in [0.25, 0.3) is 0 Å². The normalized spacial score (nSPS) is 23.8. The minimum Gasteiger partial charge on any atom is -0.484 e. The van der Waals surface area contributed by atoms with E-state index in [1.165, 1.54) is 12.1 Å². The molecule has 1 saturated carbocycles. The number of anilines is 1. The van der Waals surface area contributed by atoms with Gasteiger partial charge in [-0.25, -0.2) is 0 Å². The molecule has 0 heterocycles. The van der Waals surface area contributed by atoms with Crippen LogP contribution in [0.15, 0.2) is 18.2 Å². The first-order valence-electron chi connectivity index (χ1n) is 8.43. The lowest BCUT2D eigenvalue weighted by Gasteiger charge is -2.57. The predicted octanol–water partition coefficient (Wildman–Crippen LogP) is 3.83. The van der Waals surface area contributed by atoms with E-state index in [1.807, 2.05) is 20.8 Å². The molecule has 0 radical (unpaired) electrons. The summed E-state index contributed by atoms with van der Waals surface area (Å²) in [5.74, 6) is -0.231. The largest absolute Gasteiger partial charge is 0.484 e. The molecule has 27 heavy (non-hydrogen) atoms. The standard InChI is InChI=1S/C18H25F3N2O3.ClH/c1-5-25-14-9-17(22,16(14,3)4)15(24)23-12-6-7-13(11(2)8-12)26-10-18(19,20)21;/h6-8,14H,5,9-10,22H2,1-4H3,(H,23,24);1H. The highest BCUT2D eigenvalue weighted by atomic mass is 35.5. The van der Waals surface area contributed by atoms with Gasteiger partial charge in [-0.05, 0) is 37.6 Å². The summed E-state index contributed by atoms with van der Waals surface area (Å²) in [7, 11) is 0. The molecule has 1 fully saturated rings. The van der Waals surface area contributed by atoms with Gasteiger partial charge in [-0.3, -0.25) is 4.79 Å². The third kappa shape index (κ3) is 4.86. The number of hydrogen-bond donors (Lipinski definition) is 2. The first kappa shape index (κ1) is 23.5. The van der Waals surface area contributed by atoms with Crippen LogP contribution >= 0.6 is 12.4 Å². The Morgan fingerprint density at radius 2 is 2.00 bits per heavy atom. The van der Waals surface area contributed by atoms with Gasteiger partial charge in [0.2, 0.25) is 5.91 Å². The molecule has 1 aliphatic carbocycles. The molecule has 2 atom stereocenters. The predicted molar refractivity (Wildman–Crippen MR) is 99.3 cm³/mol. The van der Waals surface area contributed by atoms with Gasteiger partial charge >= 0.3 is 6.18 Å². The third-order valence-electron chi connectivity index (χ3n) is 5.06. The second-order valence-electron chi connectivity index (χ2n) is 7.18. The van der Waals surface area contributed by atoms with Crippen molar-refractivity contribution in [2.24, 2.45) is 11.1 Å². The Kier molecular flexibility index (Phi) is 7.18. The summed E-state index contributed by atoms with van der Waals surface area (Å²) in [5, 5.41) is 2.75. The molecule has 0 saturated heterocycles. The maximum Gasteiger partial charge on any atom is 0.422 e. The van der Waals surface area contributed by atoms with E-state index in [4.69, 9.17) is 15.2 Å². The molecule has 0 aliphatic heterocycles. The lowest BCUT2D eigenvalue weighted by Crippen LogP contribution is -2.74. The summed E-state index contributed by atoms with van der Waals surface area (Å²) >= 11 is 0. The number of rotatable bonds is 6. The number of halogens is 4. The van der Waals surface area contributed by atoms with Crippen molar-refractivity contribution in [1.82, 2.24) is 0 Å². The highest BCUT2D eigenvalue weighted by molar-refractivity contribution is 5.99. The molecule has 9 heteroatoms. The van der Waals surface area contributed by atoms with Crippen molar-refractivity contribution in [2.45, 2.75) is 51.9 Å². The number of benzene rings is 1. The molecule has 1 amide bonds. The van der Waals surface area contributed by atoms with Crippen LogP contribution in [0.4, 0.5) is 18.9 Å². The number of carbonyl (C=O) groups is 1. The topological polar surface area (TPSA) is 73.6 Å². The number of ether oxygens (including phenoxy) is 2. The molecule has 0 aromatic heterocycles. The van der Waals surface area contributed by atoms with Gasteiger partial charge in [0.1, 0.15) is 11.3 Å². The Bertz CT molecular complexity index is 682. The second-order valence-corrected chi connectivity index (χ2v) is 7.18. The SMILES string of the molecule is CCOC1CC(N)(C(=O)Nc2ccc(OCC(F)(F)F)c(C)c2)C1(C)C.Cl. The number of nitrogens with one attached hydrogen (secondary N) is 1. The highest BCUT2D eigenvalue weighted by Gasteiger charge is 2.62. The summed E-state index contributed by atoms with van der Waals surface area (Å²) < 4.78 is 47.1. The molecule has 1 aromatic carbocycles. The summed E-state index contributed by atoms with van der Waals surface area (Å²) in [5.41, 5.74) is 5.64. The molecule has 0 spiro atoms. The summed E-state index contributed by atoms with van der Waals surface area (Å²) in [4.78, 5) is 12.7. The molecule has 2 unspecified atom stereocenters. The van der Waals surface area contributed by atoms with E-state index in [2.05, 4.69) is 5.32 Å². The van der Waals surface area contributed by atoms with E-state index in [1.54, 1.807) is 13.0 Å². The van der Waals surface area contributed by atoms with E-state index in [-0.39, 0.29) is 30.2 Å². The van der Waals surface area contributed by atoms with Crippen LogP contribution in [-0.4, -0.2) is 36.9 Å². The Labute approximate surface area is 163 Å². The molecule has 1 aliphatic rings. The quantitative estimate of drug-likeness (QED) is 0.747. The molecule has 5 nitrogen and oxygen atoms in total. The number of alkyl halides is 3.